The van der Waals surface area contributed by atoms with E-state index in [1.54, 1.807) is 7.11 Å². The number of ether oxygens (including phenoxy) is 1. The lowest BCUT2D eigenvalue weighted by Gasteiger charge is -2.40. The summed E-state index contributed by atoms with van der Waals surface area (Å²) in [4.78, 5) is 13.3. The summed E-state index contributed by atoms with van der Waals surface area (Å²) in [5.41, 5.74) is 2.57. The molecule has 0 aliphatic heterocycles. The zero-order valence-corrected chi connectivity index (χ0v) is 13.3. The molecule has 1 aromatic rings. The molecule has 0 spiro atoms. The summed E-state index contributed by atoms with van der Waals surface area (Å²) in [5, 5.41) is 9.00. The van der Waals surface area contributed by atoms with Gasteiger partial charge in [0.25, 0.3) is 0 Å². The fourth-order valence-electron chi connectivity index (χ4n) is 3.18. The summed E-state index contributed by atoms with van der Waals surface area (Å²) in [5.74, 6) is 0.126. The average molecular weight is 291 g/mol. The van der Waals surface area contributed by atoms with Crippen LogP contribution in [-0.4, -0.2) is 35.2 Å². The molecule has 1 N–H and O–H groups in total. The van der Waals surface area contributed by atoms with Crippen LogP contribution in [-0.2, 0) is 11.2 Å². The van der Waals surface area contributed by atoms with Gasteiger partial charge in [-0.1, -0.05) is 6.07 Å². The third-order valence-electron chi connectivity index (χ3n) is 4.20. The van der Waals surface area contributed by atoms with Crippen LogP contribution in [0.4, 0.5) is 0 Å². The summed E-state index contributed by atoms with van der Waals surface area (Å²) in [7, 11) is 1.68. The Hall–Kier alpha value is -1.55. The maximum Gasteiger partial charge on any atom is 0.304 e. The summed E-state index contributed by atoms with van der Waals surface area (Å²) < 4.78 is 5.34. The molecule has 1 unspecified atom stereocenters. The smallest absolute Gasteiger partial charge is 0.304 e. The molecule has 1 atom stereocenters. The van der Waals surface area contributed by atoms with Crippen molar-refractivity contribution < 1.29 is 14.6 Å². The van der Waals surface area contributed by atoms with Crippen molar-refractivity contribution in [2.75, 3.05) is 13.7 Å². The third-order valence-corrected chi connectivity index (χ3v) is 4.20. The van der Waals surface area contributed by atoms with E-state index in [2.05, 4.69) is 37.8 Å². The van der Waals surface area contributed by atoms with Crippen LogP contribution in [0.1, 0.15) is 50.8 Å². The maximum atomic E-state index is 10.9. The van der Waals surface area contributed by atoms with Crippen LogP contribution in [0.5, 0.6) is 5.75 Å². The fraction of sp³-hybridized carbons (Fsp3) is 0.588. The minimum Gasteiger partial charge on any atom is -0.497 e. The van der Waals surface area contributed by atoms with Crippen LogP contribution in [0.2, 0.25) is 0 Å². The van der Waals surface area contributed by atoms with Crippen LogP contribution in [0, 0.1) is 0 Å². The van der Waals surface area contributed by atoms with E-state index in [4.69, 9.17) is 9.84 Å². The number of hydrogen-bond acceptors (Lipinski definition) is 3. The Morgan fingerprint density at radius 2 is 2.14 bits per heavy atom. The van der Waals surface area contributed by atoms with Gasteiger partial charge in [-0.3, -0.25) is 9.69 Å². The van der Waals surface area contributed by atoms with Gasteiger partial charge in [-0.05, 0) is 56.9 Å². The van der Waals surface area contributed by atoms with E-state index in [1.165, 1.54) is 11.1 Å². The first kappa shape index (κ1) is 15.8. The normalized spacial score (nSPS) is 17.9. The zero-order valence-electron chi connectivity index (χ0n) is 13.3. The number of carboxylic acids is 1. The highest BCUT2D eigenvalue weighted by Crippen LogP contribution is 2.40. The molecule has 4 heteroatoms. The molecule has 0 saturated heterocycles. The second kappa shape index (κ2) is 6.06. The van der Waals surface area contributed by atoms with Gasteiger partial charge in [-0.2, -0.15) is 0 Å². The van der Waals surface area contributed by atoms with E-state index in [1.807, 2.05) is 6.07 Å². The van der Waals surface area contributed by atoms with Crippen molar-refractivity contribution in [2.24, 2.45) is 0 Å². The highest BCUT2D eigenvalue weighted by molar-refractivity contribution is 5.66. The maximum absolute atomic E-state index is 10.9. The predicted octanol–water partition coefficient (Wildman–Crippen LogP) is 3.26. The molecule has 0 amide bonds. The van der Waals surface area contributed by atoms with E-state index in [-0.39, 0.29) is 18.0 Å². The van der Waals surface area contributed by atoms with Gasteiger partial charge in [0.1, 0.15) is 5.75 Å². The van der Waals surface area contributed by atoms with Gasteiger partial charge < -0.3 is 9.84 Å². The van der Waals surface area contributed by atoms with Crippen molar-refractivity contribution in [3.63, 3.8) is 0 Å². The van der Waals surface area contributed by atoms with Crippen molar-refractivity contribution >= 4 is 5.97 Å². The number of fused-ring (bicyclic) bond motifs is 1. The molecular formula is C17H25NO3. The second-order valence-corrected chi connectivity index (χ2v) is 6.63. The lowest BCUT2D eigenvalue weighted by molar-refractivity contribution is -0.137. The SMILES string of the molecule is COc1ccc2c(c1)C(N(CCC(=O)O)C(C)(C)C)CC2. The molecule has 21 heavy (non-hydrogen) atoms. The Kier molecular flexibility index (Phi) is 4.57. The number of aliphatic carboxylic acids is 1. The van der Waals surface area contributed by atoms with E-state index in [0.717, 1.165) is 18.6 Å². The van der Waals surface area contributed by atoms with Crippen LogP contribution >= 0.6 is 0 Å². The Labute approximate surface area is 126 Å². The Morgan fingerprint density at radius 1 is 1.43 bits per heavy atom. The zero-order chi connectivity index (χ0) is 15.6. The van der Waals surface area contributed by atoms with Gasteiger partial charge in [0.2, 0.25) is 0 Å². The van der Waals surface area contributed by atoms with Crippen LogP contribution < -0.4 is 4.74 Å². The average Bonchev–Trinajstić information content (AvgIpc) is 2.80. The van der Waals surface area contributed by atoms with E-state index >= 15 is 0 Å². The van der Waals surface area contributed by atoms with Crippen LogP contribution in [0.25, 0.3) is 0 Å². The van der Waals surface area contributed by atoms with E-state index < -0.39 is 5.97 Å². The molecule has 0 bridgehead atoms. The molecule has 0 fully saturated rings. The fourth-order valence-corrected chi connectivity index (χ4v) is 3.18. The van der Waals surface area contributed by atoms with Gasteiger partial charge in [0.15, 0.2) is 0 Å². The first-order chi connectivity index (χ1) is 9.82. The lowest BCUT2D eigenvalue weighted by atomic mass is 9.98. The largest absolute Gasteiger partial charge is 0.497 e. The van der Waals surface area contributed by atoms with Crippen molar-refractivity contribution in [1.29, 1.82) is 0 Å². The molecule has 1 aromatic carbocycles. The standard InChI is InChI=1S/C17H25NO3/c1-17(2,3)18(10-9-16(19)20)15-8-6-12-5-7-13(21-4)11-14(12)15/h5,7,11,15H,6,8-10H2,1-4H3,(H,19,20). The summed E-state index contributed by atoms with van der Waals surface area (Å²) in [6, 6.07) is 6.51. The molecule has 0 radical (unpaired) electrons. The minimum absolute atomic E-state index is 0.0647. The van der Waals surface area contributed by atoms with Gasteiger partial charge in [-0.25, -0.2) is 0 Å². The molecular weight excluding hydrogens is 266 g/mol. The monoisotopic (exact) mass is 291 g/mol. The Balaban J connectivity index is 2.29. The summed E-state index contributed by atoms with van der Waals surface area (Å²) in [6.45, 7) is 7.01. The number of benzene rings is 1. The lowest BCUT2D eigenvalue weighted by Crippen LogP contribution is -2.44. The Bertz CT molecular complexity index is 519. The summed E-state index contributed by atoms with van der Waals surface area (Å²) >= 11 is 0. The molecule has 1 aliphatic rings. The minimum atomic E-state index is -0.742. The van der Waals surface area contributed by atoms with Crippen LogP contribution in [0.3, 0.4) is 0 Å². The molecule has 0 heterocycles. The molecule has 0 aromatic heterocycles. The predicted molar refractivity (Wildman–Crippen MR) is 82.8 cm³/mol. The molecule has 4 nitrogen and oxygen atoms in total. The van der Waals surface area contributed by atoms with Gasteiger partial charge in [0, 0.05) is 18.1 Å². The van der Waals surface area contributed by atoms with Crippen molar-refractivity contribution in [3.8, 4) is 5.75 Å². The number of hydrogen-bond donors (Lipinski definition) is 1. The van der Waals surface area contributed by atoms with E-state index in [9.17, 15) is 4.79 Å². The summed E-state index contributed by atoms with van der Waals surface area (Å²) in [6.07, 6.45) is 2.26. The number of rotatable bonds is 5. The van der Waals surface area contributed by atoms with Gasteiger partial charge in [-0.15, -0.1) is 0 Å². The first-order valence-corrected chi connectivity index (χ1v) is 7.48. The topological polar surface area (TPSA) is 49.8 Å². The van der Waals surface area contributed by atoms with Gasteiger partial charge in [0.05, 0.1) is 13.5 Å². The second-order valence-electron chi connectivity index (χ2n) is 6.63. The molecule has 0 saturated carbocycles. The van der Waals surface area contributed by atoms with Crippen molar-refractivity contribution in [2.45, 2.75) is 51.6 Å². The van der Waals surface area contributed by atoms with E-state index in [0.29, 0.717) is 6.54 Å². The Morgan fingerprint density at radius 3 is 2.71 bits per heavy atom. The van der Waals surface area contributed by atoms with Crippen LogP contribution in [0.15, 0.2) is 18.2 Å². The number of methoxy groups -OCH3 is 1. The quantitative estimate of drug-likeness (QED) is 0.904. The number of nitrogens with zero attached hydrogens (tertiary/aromatic N) is 1. The van der Waals surface area contributed by atoms with Crippen molar-refractivity contribution in [3.05, 3.63) is 29.3 Å². The number of aryl methyl sites for hydroxylation is 1. The molecule has 1 aliphatic carbocycles. The van der Waals surface area contributed by atoms with Crippen molar-refractivity contribution in [1.82, 2.24) is 4.90 Å². The highest BCUT2D eigenvalue weighted by Gasteiger charge is 2.34. The van der Waals surface area contributed by atoms with Gasteiger partial charge >= 0.3 is 5.97 Å². The highest BCUT2D eigenvalue weighted by atomic mass is 16.5. The number of carboxylic acid groups (broad SMARTS) is 1. The first-order valence-electron chi connectivity index (χ1n) is 7.48. The third kappa shape index (κ3) is 3.56. The molecule has 2 rings (SSSR count). The molecule has 116 valence electrons. The number of carbonyl (C=O) groups is 1.